The maximum Gasteiger partial charge on any atom is 0.00576 e. The smallest absolute Gasteiger partial charge is 0.00576 e. The van der Waals surface area contributed by atoms with Crippen molar-refractivity contribution in [1.82, 2.24) is 0 Å². The molecule has 0 bridgehead atoms. The van der Waals surface area contributed by atoms with Crippen molar-refractivity contribution in [2.45, 2.75) is 53.9 Å². The number of rotatable bonds is 1. The molecule has 0 aromatic heterocycles. The first-order valence-corrected chi connectivity index (χ1v) is 4.26. The minimum Gasteiger partial charge on any atom is -0.120 e. The van der Waals surface area contributed by atoms with Crippen LogP contribution in [0.1, 0.15) is 53.9 Å². The summed E-state index contributed by atoms with van der Waals surface area (Å²) in [7, 11) is 0. The van der Waals surface area contributed by atoms with Gasteiger partial charge >= 0.3 is 0 Å². The summed E-state index contributed by atoms with van der Waals surface area (Å²) in [6.45, 7) is 10.3. The summed E-state index contributed by atoms with van der Waals surface area (Å²) in [5.74, 6) is 2.43. The van der Waals surface area contributed by atoms with Crippen LogP contribution >= 0.6 is 0 Å². The van der Waals surface area contributed by atoms with E-state index in [-0.39, 0.29) is 0 Å². The molecule has 0 aliphatic rings. The van der Waals surface area contributed by atoms with Gasteiger partial charge in [0.2, 0.25) is 0 Å². The highest BCUT2D eigenvalue weighted by Crippen LogP contribution is 1.76. The zero-order valence-electron chi connectivity index (χ0n) is 8.20. The average Bonchev–Trinajstić information content (AvgIpc) is 2.08. The summed E-state index contributed by atoms with van der Waals surface area (Å²) in [6.07, 6.45) is 8.26. The number of unbranched alkanes of at least 4 members (excludes halogenated alkanes) is 1. The second kappa shape index (κ2) is 38.6. The molecule has 0 atom stereocenters. The Labute approximate surface area is 67.0 Å². The maximum absolute atomic E-state index is 4.78. The minimum absolute atomic E-state index is 0.847. The molecule has 0 heteroatoms. The molecular formula is C10H22. The van der Waals surface area contributed by atoms with E-state index in [0.29, 0.717) is 0 Å². The fraction of sp³-hybridized carbons (Fsp3) is 0.800. The molecule has 0 amide bonds. The summed E-state index contributed by atoms with van der Waals surface area (Å²) in [5.41, 5.74) is 0. The molecule has 0 aliphatic heterocycles. The van der Waals surface area contributed by atoms with Crippen LogP contribution in [0.15, 0.2) is 0 Å². The van der Waals surface area contributed by atoms with Gasteiger partial charge in [-0.15, -0.1) is 12.3 Å². The van der Waals surface area contributed by atoms with Crippen LogP contribution in [0, 0.1) is 12.3 Å². The Hall–Kier alpha value is -0.440. The minimum atomic E-state index is 0.847. The first-order valence-electron chi connectivity index (χ1n) is 4.26. The molecule has 0 N–H and O–H groups in total. The number of hydrogen-bond acceptors (Lipinski definition) is 0. The molecule has 0 aromatic rings. The van der Waals surface area contributed by atoms with Crippen LogP contribution in [0.4, 0.5) is 0 Å². The first-order chi connectivity index (χ1) is 4.83. The van der Waals surface area contributed by atoms with Crippen LogP contribution in [0.2, 0.25) is 0 Å². The molecule has 0 aromatic carbocycles. The molecule has 0 nitrogen and oxygen atoms in total. The zero-order valence-corrected chi connectivity index (χ0v) is 8.20. The van der Waals surface area contributed by atoms with E-state index >= 15 is 0 Å². The van der Waals surface area contributed by atoms with Gasteiger partial charge in [0.1, 0.15) is 0 Å². The predicted molar refractivity (Wildman–Crippen MR) is 51.1 cm³/mol. The summed E-state index contributed by atoms with van der Waals surface area (Å²) < 4.78 is 0. The van der Waals surface area contributed by atoms with Gasteiger partial charge in [-0.25, -0.2) is 0 Å². The van der Waals surface area contributed by atoms with Crippen molar-refractivity contribution in [2.75, 3.05) is 0 Å². The molecule has 0 saturated heterocycles. The van der Waals surface area contributed by atoms with E-state index < -0.39 is 0 Å². The predicted octanol–water partition coefficient (Wildman–Crippen LogP) is 3.86. The Morgan fingerprint density at radius 3 is 1.20 bits per heavy atom. The van der Waals surface area contributed by atoms with Gasteiger partial charge in [-0.3, -0.25) is 0 Å². The normalized spacial score (nSPS) is 5.60. The molecular weight excluding hydrogens is 120 g/mol. The fourth-order valence-electron chi connectivity index (χ4n) is 0. The van der Waals surface area contributed by atoms with Crippen molar-refractivity contribution in [3.05, 3.63) is 0 Å². The fourth-order valence-corrected chi connectivity index (χ4v) is 0. The molecule has 0 unspecified atom stereocenters. The van der Waals surface area contributed by atoms with E-state index in [1.165, 1.54) is 12.8 Å². The molecule has 0 aliphatic carbocycles. The average molecular weight is 142 g/mol. The van der Waals surface area contributed by atoms with Gasteiger partial charge < -0.3 is 0 Å². The molecule has 0 saturated carbocycles. The van der Waals surface area contributed by atoms with Gasteiger partial charge in [0.15, 0.2) is 0 Å². The quantitative estimate of drug-likeness (QED) is 0.488. The van der Waals surface area contributed by atoms with E-state index in [2.05, 4.69) is 19.8 Å². The van der Waals surface area contributed by atoms with Gasteiger partial charge in [-0.05, 0) is 0 Å². The Morgan fingerprint density at radius 2 is 1.20 bits per heavy atom. The lowest BCUT2D eigenvalue weighted by atomic mass is 10.4. The van der Waals surface area contributed by atoms with Crippen LogP contribution in [0.25, 0.3) is 0 Å². The van der Waals surface area contributed by atoms with Crippen molar-refractivity contribution in [1.29, 1.82) is 0 Å². The molecule has 0 heterocycles. The highest BCUT2D eigenvalue weighted by Gasteiger charge is 1.56. The highest BCUT2D eigenvalue weighted by atomic mass is 13.6. The molecule has 0 rings (SSSR count). The first kappa shape index (κ1) is 16.3. The summed E-state index contributed by atoms with van der Waals surface area (Å²) in [6, 6.07) is 0. The Morgan fingerprint density at radius 1 is 1.00 bits per heavy atom. The third kappa shape index (κ3) is 134. The van der Waals surface area contributed by atoms with E-state index in [4.69, 9.17) is 6.42 Å². The van der Waals surface area contributed by atoms with Crippen LogP contribution in [0.5, 0.6) is 0 Å². The van der Waals surface area contributed by atoms with Crippen LogP contribution < -0.4 is 0 Å². The van der Waals surface area contributed by atoms with Crippen molar-refractivity contribution >= 4 is 0 Å². The Kier molecular flexibility index (Phi) is 62.8. The van der Waals surface area contributed by atoms with Crippen molar-refractivity contribution in [3.8, 4) is 12.3 Å². The zero-order chi connectivity index (χ0) is 8.83. The van der Waals surface area contributed by atoms with Crippen molar-refractivity contribution in [2.24, 2.45) is 0 Å². The Bertz CT molecular complexity index is 45.5. The molecule has 0 radical (unpaired) electrons. The maximum atomic E-state index is 4.78. The lowest BCUT2D eigenvalue weighted by Crippen LogP contribution is -1.47. The SMILES string of the molecule is C#CCC.CC.CCCC. The molecule has 10 heavy (non-hydrogen) atoms. The highest BCUT2D eigenvalue weighted by molar-refractivity contribution is 4.80. The van der Waals surface area contributed by atoms with E-state index in [1.807, 2.05) is 20.8 Å². The van der Waals surface area contributed by atoms with Crippen LogP contribution in [-0.2, 0) is 0 Å². The second-order valence-corrected chi connectivity index (χ2v) is 1.56. The van der Waals surface area contributed by atoms with Gasteiger partial charge in [0.05, 0.1) is 0 Å². The number of hydrogen-bond donors (Lipinski definition) is 0. The van der Waals surface area contributed by atoms with Gasteiger partial charge in [0, 0.05) is 6.42 Å². The monoisotopic (exact) mass is 142 g/mol. The topological polar surface area (TPSA) is 0 Å². The van der Waals surface area contributed by atoms with E-state index in [9.17, 15) is 0 Å². The lowest BCUT2D eigenvalue weighted by Gasteiger charge is -1.68. The van der Waals surface area contributed by atoms with Gasteiger partial charge in [-0.1, -0.05) is 47.5 Å². The van der Waals surface area contributed by atoms with Gasteiger partial charge in [-0.2, -0.15) is 0 Å². The largest absolute Gasteiger partial charge is 0.120 e. The van der Waals surface area contributed by atoms with E-state index in [0.717, 1.165) is 6.42 Å². The lowest BCUT2D eigenvalue weighted by molar-refractivity contribution is 0.886. The summed E-state index contributed by atoms with van der Waals surface area (Å²) in [5, 5.41) is 0. The second-order valence-electron chi connectivity index (χ2n) is 1.56. The number of terminal acetylenes is 1. The van der Waals surface area contributed by atoms with Crippen LogP contribution in [-0.4, -0.2) is 0 Å². The van der Waals surface area contributed by atoms with Crippen molar-refractivity contribution in [3.63, 3.8) is 0 Å². The summed E-state index contributed by atoms with van der Waals surface area (Å²) in [4.78, 5) is 0. The molecule has 0 spiro atoms. The van der Waals surface area contributed by atoms with Crippen LogP contribution in [0.3, 0.4) is 0 Å². The Balaban J connectivity index is -0.0000000787. The molecule has 62 valence electrons. The summed E-state index contributed by atoms with van der Waals surface area (Å²) >= 11 is 0. The third-order valence-corrected chi connectivity index (χ3v) is 0.704. The molecule has 0 fully saturated rings. The van der Waals surface area contributed by atoms with Gasteiger partial charge in [0.25, 0.3) is 0 Å². The standard InChI is InChI=1S/C4H10.C4H6.C2H6/c2*1-3-4-2;1-2/h3-4H2,1-2H3;1H,4H2,2H3;1-2H3. The third-order valence-electron chi connectivity index (χ3n) is 0.704. The van der Waals surface area contributed by atoms with E-state index in [1.54, 1.807) is 0 Å². The van der Waals surface area contributed by atoms with Crippen molar-refractivity contribution < 1.29 is 0 Å².